The summed E-state index contributed by atoms with van der Waals surface area (Å²) in [4.78, 5) is 18.1. The zero-order valence-electron chi connectivity index (χ0n) is 17.5. The van der Waals surface area contributed by atoms with Gasteiger partial charge in [-0.25, -0.2) is 4.98 Å². The molecule has 2 aromatic heterocycles. The molecule has 10 heteroatoms. The highest BCUT2D eigenvalue weighted by atomic mass is 32.3. The molecule has 1 aliphatic heterocycles. The number of hydrogen-bond acceptors (Lipinski definition) is 8. The summed E-state index contributed by atoms with van der Waals surface area (Å²) in [5, 5.41) is 14.3. The minimum atomic E-state index is -3.66. The van der Waals surface area contributed by atoms with Gasteiger partial charge in [-0.2, -0.15) is 0 Å². The van der Waals surface area contributed by atoms with Gasteiger partial charge in [0.05, 0.1) is 19.0 Å². The molecular formula is C23H20N4O5S. The van der Waals surface area contributed by atoms with Crippen LogP contribution in [0, 0.1) is 0 Å². The van der Waals surface area contributed by atoms with E-state index in [0.717, 1.165) is 5.56 Å². The predicted octanol–water partition coefficient (Wildman–Crippen LogP) is 4.06. The van der Waals surface area contributed by atoms with E-state index < -0.39 is 16.3 Å². The molecule has 0 saturated carbocycles. The maximum Gasteiger partial charge on any atom is 0.267 e. The van der Waals surface area contributed by atoms with Crippen LogP contribution in [0.3, 0.4) is 0 Å². The molecule has 4 N–H and O–H groups in total. The highest BCUT2D eigenvalue weighted by Crippen LogP contribution is 2.57. The van der Waals surface area contributed by atoms with Crippen molar-refractivity contribution in [3.63, 3.8) is 0 Å². The van der Waals surface area contributed by atoms with E-state index in [0.29, 0.717) is 16.8 Å². The van der Waals surface area contributed by atoms with Crippen molar-refractivity contribution in [2.45, 2.75) is 11.4 Å². The Hall–Kier alpha value is -3.86. The summed E-state index contributed by atoms with van der Waals surface area (Å²) in [6.07, 6.45) is 1.54. The molecule has 33 heavy (non-hydrogen) atoms. The minimum absolute atomic E-state index is 0.136. The maximum atomic E-state index is 13.6. The largest absolute Gasteiger partial charge is 0.506 e. The van der Waals surface area contributed by atoms with Crippen LogP contribution in [-0.2, 0) is 6.54 Å². The maximum absolute atomic E-state index is 13.6. The summed E-state index contributed by atoms with van der Waals surface area (Å²) >= 11 is 0. The molecule has 0 fully saturated rings. The van der Waals surface area contributed by atoms with Crippen molar-refractivity contribution >= 4 is 33.3 Å². The van der Waals surface area contributed by atoms with E-state index in [-0.39, 0.29) is 34.3 Å². The number of fused-ring (bicyclic) bond motifs is 2. The second-order valence-corrected chi connectivity index (χ2v) is 9.05. The third kappa shape index (κ3) is 3.50. The summed E-state index contributed by atoms with van der Waals surface area (Å²) in [7, 11) is -2.21. The van der Waals surface area contributed by atoms with Crippen molar-refractivity contribution in [2.75, 3.05) is 12.4 Å². The number of nitrogens with one attached hydrogen (secondary N) is 1. The van der Waals surface area contributed by atoms with Gasteiger partial charge in [0.25, 0.3) is 5.56 Å². The molecule has 9 nitrogen and oxygen atoms in total. The van der Waals surface area contributed by atoms with Crippen LogP contribution in [0.25, 0.3) is 11.0 Å². The highest BCUT2D eigenvalue weighted by Gasteiger charge is 2.32. The molecule has 5 rings (SSSR count). The lowest BCUT2D eigenvalue weighted by atomic mass is 10.1. The lowest BCUT2D eigenvalue weighted by molar-refractivity contribution is 0.415. The fraction of sp³-hybridized carbons (Fsp3) is 0.0870. The molecule has 4 aromatic rings. The van der Waals surface area contributed by atoms with Crippen LogP contribution < -0.4 is 15.6 Å². The molecule has 0 unspecified atom stereocenters. The Kier molecular flexibility index (Phi) is 5.05. The van der Waals surface area contributed by atoms with Gasteiger partial charge in [0.2, 0.25) is 0 Å². The quantitative estimate of drug-likeness (QED) is 0.358. The average molecular weight is 465 g/mol. The lowest BCUT2D eigenvalue weighted by Gasteiger charge is -2.34. The first-order chi connectivity index (χ1) is 15.9. The minimum Gasteiger partial charge on any atom is -0.506 e. The van der Waals surface area contributed by atoms with Gasteiger partial charge in [-0.05, 0) is 29.8 Å². The lowest BCUT2D eigenvalue weighted by Crippen LogP contribution is -2.32. The Labute approximate surface area is 190 Å². The number of anilines is 1. The standard InChI is InChI=1S/C23H20N4O5S/c1-32-16-10-5-11-17-19(16)25-21(26-33(17,30)31)18-20(28)15-9-6-12-24-22(15)27(23(18)29)13-14-7-3-2-4-8-14/h2-12,28,30-31H,13H2,1H3,(H,25,26). The average Bonchev–Trinajstić information content (AvgIpc) is 2.82. The van der Waals surface area contributed by atoms with Crippen molar-refractivity contribution in [1.82, 2.24) is 9.55 Å². The molecule has 0 spiro atoms. The molecule has 2 aromatic carbocycles. The number of para-hydroxylation sites is 1. The van der Waals surface area contributed by atoms with E-state index in [1.54, 1.807) is 24.3 Å². The summed E-state index contributed by atoms with van der Waals surface area (Å²) in [6, 6.07) is 17.4. The Morgan fingerprint density at radius 3 is 2.61 bits per heavy atom. The van der Waals surface area contributed by atoms with Gasteiger partial charge >= 0.3 is 0 Å². The van der Waals surface area contributed by atoms with Crippen LogP contribution in [0.1, 0.15) is 11.1 Å². The molecule has 0 saturated heterocycles. The number of nitrogens with zero attached hydrogens (tertiary/aromatic N) is 3. The Morgan fingerprint density at radius 2 is 1.85 bits per heavy atom. The Balaban J connectivity index is 1.75. The molecule has 168 valence electrons. The molecule has 3 heterocycles. The van der Waals surface area contributed by atoms with Gasteiger partial charge in [0.15, 0.2) is 5.84 Å². The first-order valence-electron chi connectivity index (χ1n) is 9.97. The van der Waals surface area contributed by atoms with E-state index >= 15 is 0 Å². The van der Waals surface area contributed by atoms with Gasteiger partial charge in [-0.3, -0.25) is 18.5 Å². The Bertz CT molecular complexity index is 1470. The van der Waals surface area contributed by atoms with Gasteiger partial charge in [0.1, 0.15) is 33.3 Å². The normalized spacial score (nSPS) is 15.3. The number of aromatic hydroxyl groups is 1. The first kappa shape index (κ1) is 21.0. The summed E-state index contributed by atoms with van der Waals surface area (Å²) in [5.41, 5.74) is 0.654. The van der Waals surface area contributed by atoms with Gasteiger partial charge < -0.3 is 15.2 Å². The van der Waals surface area contributed by atoms with Crippen LogP contribution in [0.5, 0.6) is 11.5 Å². The van der Waals surface area contributed by atoms with Crippen LogP contribution >= 0.6 is 10.8 Å². The number of hydrogen-bond donors (Lipinski definition) is 4. The fourth-order valence-corrected chi connectivity index (χ4v) is 5.02. The number of ether oxygens (including phenoxy) is 1. The second kappa shape index (κ2) is 7.93. The number of methoxy groups -OCH3 is 1. The van der Waals surface area contributed by atoms with Crippen molar-refractivity contribution < 1.29 is 18.9 Å². The van der Waals surface area contributed by atoms with E-state index in [1.807, 2.05) is 30.3 Å². The van der Waals surface area contributed by atoms with E-state index in [2.05, 4.69) is 14.7 Å². The van der Waals surface area contributed by atoms with Gasteiger partial charge in [-0.1, -0.05) is 47.2 Å². The molecule has 0 bridgehead atoms. The molecule has 0 amide bonds. The topological polar surface area (TPSA) is 129 Å². The molecule has 1 aliphatic rings. The Morgan fingerprint density at radius 1 is 1.06 bits per heavy atom. The van der Waals surface area contributed by atoms with Crippen LogP contribution in [0.4, 0.5) is 5.69 Å². The number of amidine groups is 1. The summed E-state index contributed by atoms with van der Waals surface area (Å²) in [6.45, 7) is 0.198. The number of pyridine rings is 2. The molecule has 0 aliphatic carbocycles. The predicted molar refractivity (Wildman–Crippen MR) is 127 cm³/mol. The van der Waals surface area contributed by atoms with E-state index in [9.17, 15) is 19.0 Å². The zero-order valence-corrected chi connectivity index (χ0v) is 18.3. The van der Waals surface area contributed by atoms with Crippen molar-refractivity contribution in [2.24, 2.45) is 4.40 Å². The summed E-state index contributed by atoms with van der Waals surface area (Å²) < 4.78 is 32.3. The fourth-order valence-electron chi connectivity index (χ4n) is 3.85. The monoisotopic (exact) mass is 464 g/mol. The van der Waals surface area contributed by atoms with Crippen molar-refractivity contribution in [3.8, 4) is 11.5 Å². The van der Waals surface area contributed by atoms with E-state index in [1.165, 1.54) is 23.9 Å². The second-order valence-electron chi connectivity index (χ2n) is 7.39. The molecule has 0 radical (unpaired) electrons. The van der Waals surface area contributed by atoms with Gasteiger partial charge in [-0.15, -0.1) is 4.40 Å². The zero-order chi connectivity index (χ0) is 23.2. The SMILES string of the molecule is COc1cccc2c1NC(c1c(O)c3cccnc3n(Cc3ccccc3)c1=O)=NS2(O)O. The number of aromatic nitrogens is 2. The van der Waals surface area contributed by atoms with Crippen LogP contribution in [-0.4, -0.2) is 36.7 Å². The van der Waals surface area contributed by atoms with Crippen molar-refractivity contribution in [3.05, 3.63) is 88.3 Å². The number of rotatable bonds is 4. The van der Waals surface area contributed by atoms with E-state index in [4.69, 9.17) is 4.74 Å². The van der Waals surface area contributed by atoms with Gasteiger partial charge in [0, 0.05) is 6.20 Å². The third-order valence-electron chi connectivity index (χ3n) is 5.38. The molecule has 0 atom stereocenters. The van der Waals surface area contributed by atoms with Crippen LogP contribution in [0.2, 0.25) is 0 Å². The molecular weight excluding hydrogens is 444 g/mol. The first-order valence-corrected chi connectivity index (χ1v) is 11.5. The van der Waals surface area contributed by atoms with Crippen molar-refractivity contribution in [1.29, 1.82) is 0 Å². The van der Waals surface area contributed by atoms with Crippen LogP contribution in [0.15, 0.2) is 80.9 Å². The third-order valence-corrected chi connectivity index (χ3v) is 6.75. The smallest absolute Gasteiger partial charge is 0.267 e. The summed E-state index contributed by atoms with van der Waals surface area (Å²) in [5.74, 6) is -0.180. The highest BCUT2D eigenvalue weighted by molar-refractivity contribution is 8.23. The number of benzene rings is 2.